The van der Waals surface area contributed by atoms with Crippen LogP contribution in [0.5, 0.6) is 11.5 Å². The predicted molar refractivity (Wildman–Crippen MR) is 84.5 cm³/mol. The lowest BCUT2D eigenvalue weighted by Crippen LogP contribution is -2.53. The predicted octanol–water partition coefficient (Wildman–Crippen LogP) is 0.841. The molecule has 2 unspecified atom stereocenters. The molecule has 1 aromatic carbocycles. The number of aryl methyl sites for hydroxylation is 1. The standard InChI is InChI=1S/C17H26O6/c1-10(7-15-17(21)16(20)13(19)9-23-15)3-4-11-5-6-12(18)14(8-11)22-2/h5-6,8,10,13,15-21H,3-4,7,9H2,1-2H3/t10?,13-,15?,16+,17+/m1/s1. The first-order chi connectivity index (χ1) is 10.9. The first-order valence-corrected chi connectivity index (χ1v) is 7.94. The van der Waals surface area contributed by atoms with Gasteiger partial charge in [0.05, 0.1) is 19.8 Å². The summed E-state index contributed by atoms with van der Waals surface area (Å²) in [5.41, 5.74) is 1.06. The largest absolute Gasteiger partial charge is 0.504 e. The second kappa shape index (κ2) is 7.97. The van der Waals surface area contributed by atoms with Crippen molar-refractivity contribution in [3.63, 3.8) is 0 Å². The molecule has 6 heteroatoms. The smallest absolute Gasteiger partial charge is 0.160 e. The van der Waals surface area contributed by atoms with Gasteiger partial charge in [0.25, 0.3) is 0 Å². The number of ether oxygens (including phenoxy) is 2. The van der Waals surface area contributed by atoms with Gasteiger partial charge in [0, 0.05) is 0 Å². The van der Waals surface area contributed by atoms with Gasteiger partial charge in [0.1, 0.15) is 18.3 Å². The van der Waals surface area contributed by atoms with Crippen LogP contribution in [-0.2, 0) is 11.2 Å². The Bertz CT molecular complexity index is 506. The van der Waals surface area contributed by atoms with Crippen molar-refractivity contribution >= 4 is 0 Å². The minimum Gasteiger partial charge on any atom is -0.504 e. The fourth-order valence-corrected chi connectivity index (χ4v) is 2.88. The number of phenols is 1. The van der Waals surface area contributed by atoms with Gasteiger partial charge in [0.2, 0.25) is 0 Å². The number of aromatic hydroxyl groups is 1. The Hall–Kier alpha value is -1.34. The lowest BCUT2D eigenvalue weighted by atomic mass is 9.90. The van der Waals surface area contributed by atoms with Crippen molar-refractivity contribution in [3.05, 3.63) is 23.8 Å². The Kier molecular flexibility index (Phi) is 6.24. The molecule has 1 aromatic rings. The van der Waals surface area contributed by atoms with E-state index in [9.17, 15) is 20.4 Å². The molecule has 4 N–H and O–H groups in total. The number of benzene rings is 1. The third kappa shape index (κ3) is 4.57. The topological polar surface area (TPSA) is 99.4 Å². The van der Waals surface area contributed by atoms with Crippen LogP contribution >= 0.6 is 0 Å². The van der Waals surface area contributed by atoms with Crippen LogP contribution in [0.3, 0.4) is 0 Å². The molecule has 0 aromatic heterocycles. The molecule has 1 heterocycles. The summed E-state index contributed by atoms with van der Waals surface area (Å²) in [6.45, 7) is 2.11. The summed E-state index contributed by atoms with van der Waals surface area (Å²) in [5, 5.41) is 38.7. The van der Waals surface area contributed by atoms with E-state index in [0.717, 1.165) is 18.4 Å². The van der Waals surface area contributed by atoms with Crippen LogP contribution in [0.25, 0.3) is 0 Å². The molecule has 1 saturated heterocycles. The Labute approximate surface area is 136 Å². The highest BCUT2D eigenvalue weighted by Gasteiger charge is 2.37. The van der Waals surface area contributed by atoms with Crippen LogP contribution in [0.15, 0.2) is 18.2 Å². The minimum absolute atomic E-state index is 0.0464. The van der Waals surface area contributed by atoms with Crippen molar-refractivity contribution in [3.8, 4) is 11.5 Å². The highest BCUT2D eigenvalue weighted by atomic mass is 16.5. The number of phenolic OH excluding ortho intramolecular Hbond substituents is 1. The minimum atomic E-state index is -1.15. The van der Waals surface area contributed by atoms with Crippen molar-refractivity contribution in [1.29, 1.82) is 0 Å². The van der Waals surface area contributed by atoms with Crippen LogP contribution in [0, 0.1) is 5.92 Å². The van der Waals surface area contributed by atoms with Gasteiger partial charge in [-0.2, -0.15) is 0 Å². The molecule has 5 atom stereocenters. The van der Waals surface area contributed by atoms with Crippen molar-refractivity contribution in [2.24, 2.45) is 5.92 Å². The Morgan fingerprint density at radius 3 is 2.70 bits per heavy atom. The molecule has 23 heavy (non-hydrogen) atoms. The SMILES string of the molecule is COc1cc(CCC(C)CC2OC[C@@H](O)[C@H](O)[C@H]2O)ccc1O. The van der Waals surface area contributed by atoms with Crippen LogP contribution in [0.2, 0.25) is 0 Å². The van der Waals surface area contributed by atoms with Crippen molar-refractivity contribution in [2.75, 3.05) is 13.7 Å². The second-order valence-electron chi connectivity index (χ2n) is 6.31. The third-order valence-corrected chi connectivity index (χ3v) is 4.41. The van der Waals surface area contributed by atoms with Gasteiger partial charge < -0.3 is 29.9 Å². The van der Waals surface area contributed by atoms with Crippen molar-refractivity contribution in [2.45, 2.75) is 50.6 Å². The zero-order chi connectivity index (χ0) is 17.0. The maximum atomic E-state index is 9.96. The lowest BCUT2D eigenvalue weighted by molar-refractivity contribution is -0.190. The fraction of sp³-hybridized carbons (Fsp3) is 0.647. The Balaban J connectivity index is 1.84. The zero-order valence-corrected chi connectivity index (χ0v) is 13.6. The molecule has 1 aliphatic heterocycles. The molecule has 6 nitrogen and oxygen atoms in total. The molecule has 0 radical (unpaired) electrons. The van der Waals surface area contributed by atoms with Gasteiger partial charge in [-0.3, -0.25) is 0 Å². The van der Waals surface area contributed by atoms with Gasteiger partial charge in [-0.15, -0.1) is 0 Å². The molecule has 1 aliphatic rings. The van der Waals surface area contributed by atoms with Crippen LogP contribution in [0.4, 0.5) is 0 Å². The van der Waals surface area contributed by atoms with E-state index in [-0.39, 0.29) is 18.3 Å². The quantitative estimate of drug-likeness (QED) is 0.618. The third-order valence-electron chi connectivity index (χ3n) is 4.41. The van der Waals surface area contributed by atoms with Crippen molar-refractivity contribution < 1.29 is 29.9 Å². The average molecular weight is 326 g/mol. The number of aliphatic hydroxyl groups excluding tert-OH is 3. The molecule has 0 saturated carbocycles. The number of methoxy groups -OCH3 is 1. The number of rotatable bonds is 6. The fourth-order valence-electron chi connectivity index (χ4n) is 2.88. The normalized spacial score (nSPS) is 29.3. The molecular weight excluding hydrogens is 300 g/mol. The monoisotopic (exact) mass is 326 g/mol. The first-order valence-electron chi connectivity index (χ1n) is 7.94. The van der Waals surface area contributed by atoms with Crippen LogP contribution in [-0.4, -0.2) is 58.6 Å². The summed E-state index contributed by atoms with van der Waals surface area (Å²) in [6.07, 6.45) is -1.40. The van der Waals surface area contributed by atoms with E-state index in [2.05, 4.69) is 6.92 Å². The maximum absolute atomic E-state index is 9.96. The first kappa shape index (κ1) is 18.0. The summed E-state index contributed by atoms with van der Waals surface area (Å²) in [5.74, 6) is 0.853. The number of aliphatic hydroxyl groups is 3. The molecule has 0 amide bonds. The van der Waals surface area contributed by atoms with Gasteiger partial charge >= 0.3 is 0 Å². The van der Waals surface area contributed by atoms with Crippen LogP contribution in [0.1, 0.15) is 25.3 Å². The summed E-state index contributed by atoms with van der Waals surface area (Å²) < 4.78 is 10.5. The average Bonchev–Trinajstić information content (AvgIpc) is 2.54. The molecule has 2 rings (SSSR count). The lowest BCUT2D eigenvalue weighted by Gasteiger charge is -2.36. The molecule has 0 bridgehead atoms. The van der Waals surface area contributed by atoms with Crippen molar-refractivity contribution in [1.82, 2.24) is 0 Å². The highest BCUT2D eigenvalue weighted by molar-refractivity contribution is 5.41. The maximum Gasteiger partial charge on any atom is 0.160 e. The van der Waals surface area contributed by atoms with E-state index >= 15 is 0 Å². The van der Waals surface area contributed by atoms with Gasteiger partial charge in [-0.1, -0.05) is 13.0 Å². The van der Waals surface area contributed by atoms with E-state index < -0.39 is 24.4 Å². The Morgan fingerprint density at radius 2 is 2.00 bits per heavy atom. The van der Waals surface area contributed by atoms with Gasteiger partial charge in [0.15, 0.2) is 11.5 Å². The number of hydrogen-bond acceptors (Lipinski definition) is 6. The van der Waals surface area contributed by atoms with E-state index in [1.165, 1.54) is 7.11 Å². The molecular formula is C17H26O6. The van der Waals surface area contributed by atoms with Gasteiger partial charge in [-0.05, 0) is 42.9 Å². The van der Waals surface area contributed by atoms with E-state index in [1.807, 2.05) is 12.1 Å². The molecule has 130 valence electrons. The van der Waals surface area contributed by atoms with Crippen LogP contribution < -0.4 is 4.74 Å². The second-order valence-corrected chi connectivity index (χ2v) is 6.31. The zero-order valence-electron chi connectivity index (χ0n) is 13.6. The molecule has 1 fully saturated rings. The van der Waals surface area contributed by atoms with E-state index in [1.54, 1.807) is 6.07 Å². The summed E-state index contributed by atoms with van der Waals surface area (Å²) >= 11 is 0. The summed E-state index contributed by atoms with van der Waals surface area (Å²) in [7, 11) is 1.52. The molecule has 0 spiro atoms. The van der Waals surface area contributed by atoms with Gasteiger partial charge in [-0.25, -0.2) is 0 Å². The number of hydrogen-bond donors (Lipinski definition) is 4. The summed E-state index contributed by atoms with van der Waals surface area (Å²) in [6, 6.07) is 5.29. The van der Waals surface area contributed by atoms with E-state index in [4.69, 9.17) is 9.47 Å². The Morgan fingerprint density at radius 1 is 1.26 bits per heavy atom. The van der Waals surface area contributed by atoms with E-state index in [0.29, 0.717) is 12.2 Å². The highest BCUT2D eigenvalue weighted by Crippen LogP contribution is 2.28. The molecule has 0 aliphatic carbocycles. The summed E-state index contributed by atoms with van der Waals surface area (Å²) in [4.78, 5) is 0.